The Kier molecular flexibility index (Phi) is 3.61. The first kappa shape index (κ1) is 12.8. The summed E-state index contributed by atoms with van der Waals surface area (Å²) < 4.78 is 0. The molecule has 0 atom stereocenters. The fourth-order valence-corrected chi connectivity index (χ4v) is 1.61. The first-order valence-electron chi connectivity index (χ1n) is 5.66. The van der Waals surface area contributed by atoms with Crippen LogP contribution in [0.3, 0.4) is 0 Å². The first-order chi connectivity index (χ1) is 9.08. The van der Waals surface area contributed by atoms with Gasteiger partial charge >= 0.3 is 5.97 Å². The summed E-state index contributed by atoms with van der Waals surface area (Å²) in [6.07, 6.45) is 2.62. The minimum absolute atomic E-state index is 0.0774. The highest BCUT2D eigenvalue weighted by atomic mass is 16.4. The van der Waals surface area contributed by atoms with Crippen LogP contribution >= 0.6 is 0 Å². The van der Waals surface area contributed by atoms with E-state index in [1.54, 1.807) is 0 Å². The average molecular weight is 258 g/mol. The fourth-order valence-electron chi connectivity index (χ4n) is 1.61. The van der Waals surface area contributed by atoms with E-state index in [1.165, 1.54) is 12.4 Å². The summed E-state index contributed by atoms with van der Waals surface area (Å²) in [4.78, 5) is 20.5. The molecule has 0 saturated carbocycles. The third kappa shape index (κ3) is 2.98. The van der Waals surface area contributed by atoms with Crippen molar-refractivity contribution in [2.24, 2.45) is 0 Å². The van der Waals surface area contributed by atoms with Gasteiger partial charge in [-0.25, -0.2) is 14.8 Å². The number of aromatic carboxylic acids is 1. The summed E-state index contributed by atoms with van der Waals surface area (Å²) in [6.45, 7) is 0. The number of aromatic nitrogens is 2. The molecule has 0 aliphatic heterocycles. The zero-order chi connectivity index (χ0) is 13.8. The van der Waals surface area contributed by atoms with Gasteiger partial charge in [0, 0.05) is 14.1 Å². The maximum absolute atomic E-state index is 10.7. The van der Waals surface area contributed by atoms with Gasteiger partial charge in [0.2, 0.25) is 0 Å². The van der Waals surface area contributed by atoms with Crippen molar-refractivity contribution in [2.45, 2.75) is 0 Å². The summed E-state index contributed by atoms with van der Waals surface area (Å²) in [5.74, 6) is -0.591. The molecule has 6 heteroatoms. The van der Waals surface area contributed by atoms with Gasteiger partial charge in [0.25, 0.3) is 0 Å². The van der Waals surface area contributed by atoms with E-state index >= 15 is 0 Å². The molecule has 2 aromatic rings. The van der Waals surface area contributed by atoms with E-state index in [2.05, 4.69) is 15.3 Å². The molecule has 0 fully saturated rings. The molecular weight excluding hydrogens is 244 g/mol. The monoisotopic (exact) mass is 258 g/mol. The van der Waals surface area contributed by atoms with Gasteiger partial charge in [0.05, 0.1) is 23.8 Å². The van der Waals surface area contributed by atoms with Crippen LogP contribution in [0.2, 0.25) is 0 Å². The number of anilines is 3. The highest BCUT2D eigenvalue weighted by Gasteiger charge is 2.07. The Bertz CT molecular complexity index is 581. The number of carbonyl (C=O) groups is 1. The van der Waals surface area contributed by atoms with E-state index < -0.39 is 5.97 Å². The number of hydrogen-bond acceptors (Lipinski definition) is 5. The zero-order valence-corrected chi connectivity index (χ0v) is 10.7. The fraction of sp³-hybridized carbons (Fsp3) is 0.154. The Hall–Kier alpha value is -2.63. The van der Waals surface area contributed by atoms with E-state index in [-0.39, 0.29) is 5.69 Å². The lowest BCUT2D eigenvalue weighted by molar-refractivity contribution is 0.0690. The minimum Gasteiger partial charge on any atom is -0.476 e. The van der Waals surface area contributed by atoms with Crippen molar-refractivity contribution in [1.29, 1.82) is 0 Å². The number of carboxylic acid groups (broad SMARTS) is 1. The molecule has 1 heterocycles. The zero-order valence-electron chi connectivity index (χ0n) is 10.7. The molecule has 1 aromatic carbocycles. The number of nitrogens with zero attached hydrogens (tertiary/aromatic N) is 3. The van der Waals surface area contributed by atoms with Crippen molar-refractivity contribution in [3.63, 3.8) is 0 Å². The summed E-state index contributed by atoms with van der Waals surface area (Å²) >= 11 is 0. The second kappa shape index (κ2) is 5.34. The third-order valence-electron chi connectivity index (χ3n) is 2.52. The van der Waals surface area contributed by atoms with Crippen LogP contribution < -0.4 is 10.2 Å². The molecule has 2 N–H and O–H groups in total. The highest BCUT2D eigenvalue weighted by Crippen LogP contribution is 2.25. The van der Waals surface area contributed by atoms with E-state index in [0.717, 1.165) is 11.4 Å². The second-order valence-corrected chi connectivity index (χ2v) is 4.13. The molecule has 0 spiro atoms. The molecule has 0 saturated heterocycles. The van der Waals surface area contributed by atoms with Gasteiger partial charge in [-0.05, 0) is 12.1 Å². The SMILES string of the molecule is CN(C)c1ccccc1Nc1cnc(C(=O)O)cn1. The molecular formula is C13H14N4O2. The normalized spacial score (nSPS) is 10.0. The summed E-state index contributed by atoms with van der Waals surface area (Å²) in [7, 11) is 3.89. The van der Waals surface area contributed by atoms with Crippen LogP contribution in [-0.4, -0.2) is 35.1 Å². The van der Waals surface area contributed by atoms with Gasteiger partial charge in [0.1, 0.15) is 5.82 Å². The lowest BCUT2D eigenvalue weighted by atomic mass is 10.2. The molecule has 98 valence electrons. The Morgan fingerprint density at radius 1 is 1.21 bits per heavy atom. The molecule has 0 radical (unpaired) electrons. The van der Waals surface area contributed by atoms with E-state index in [0.29, 0.717) is 5.82 Å². The Morgan fingerprint density at radius 2 is 1.95 bits per heavy atom. The molecule has 0 amide bonds. The van der Waals surface area contributed by atoms with Crippen LogP contribution in [0.25, 0.3) is 0 Å². The van der Waals surface area contributed by atoms with Gasteiger partial charge in [0.15, 0.2) is 5.69 Å². The van der Waals surface area contributed by atoms with E-state index in [1.807, 2.05) is 43.3 Å². The molecule has 6 nitrogen and oxygen atoms in total. The van der Waals surface area contributed by atoms with Gasteiger partial charge in [-0.1, -0.05) is 12.1 Å². The summed E-state index contributed by atoms with van der Waals surface area (Å²) in [6, 6.07) is 7.75. The largest absolute Gasteiger partial charge is 0.476 e. The van der Waals surface area contributed by atoms with Crippen molar-refractivity contribution in [1.82, 2.24) is 9.97 Å². The second-order valence-electron chi connectivity index (χ2n) is 4.13. The van der Waals surface area contributed by atoms with Crippen molar-refractivity contribution in [3.8, 4) is 0 Å². The first-order valence-corrected chi connectivity index (χ1v) is 5.66. The predicted octanol–water partition coefficient (Wildman–Crippen LogP) is 1.98. The molecule has 19 heavy (non-hydrogen) atoms. The topological polar surface area (TPSA) is 78.4 Å². The van der Waals surface area contributed by atoms with Crippen LogP contribution in [0.5, 0.6) is 0 Å². The van der Waals surface area contributed by atoms with Gasteiger partial charge in [-0.3, -0.25) is 0 Å². The molecule has 1 aromatic heterocycles. The Labute approximate surface area is 110 Å². The van der Waals surface area contributed by atoms with Crippen molar-refractivity contribution in [3.05, 3.63) is 42.4 Å². The van der Waals surface area contributed by atoms with Crippen LogP contribution in [-0.2, 0) is 0 Å². The van der Waals surface area contributed by atoms with Crippen LogP contribution in [0.1, 0.15) is 10.5 Å². The maximum atomic E-state index is 10.7. The van der Waals surface area contributed by atoms with Crippen molar-refractivity contribution in [2.75, 3.05) is 24.3 Å². The smallest absolute Gasteiger partial charge is 0.356 e. The minimum atomic E-state index is -1.09. The Morgan fingerprint density at radius 3 is 2.53 bits per heavy atom. The van der Waals surface area contributed by atoms with E-state index in [9.17, 15) is 4.79 Å². The Balaban J connectivity index is 2.24. The van der Waals surface area contributed by atoms with Crippen molar-refractivity contribution < 1.29 is 9.90 Å². The average Bonchev–Trinajstić information content (AvgIpc) is 2.39. The molecule has 0 aliphatic carbocycles. The highest BCUT2D eigenvalue weighted by molar-refractivity contribution is 5.85. The van der Waals surface area contributed by atoms with Crippen molar-refractivity contribution >= 4 is 23.2 Å². The van der Waals surface area contributed by atoms with Crippen LogP contribution in [0.15, 0.2) is 36.7 Å². The van der Waals surface area contributed by atoms with Gasteiger partial charge < -0.3 is 15.3 Å². The maximum Gasteiger partial charge on any atom is 0.356 e. The molecule has 0 unspecified atom stereocenters. The number of hydrogen-bond donors (Lipinski definition) is 2. The number of benzene rings is 1. The quantitative estimate of drug-likeness (QED) is 0.873. The number of carboxylic acids is 1. The number of nitrogens with one attached hydrogen (secondary N) is 1. The van der Waals surface area contributed by atoms with Crippen LogP contribution in [0.4, 0.5) is 17.2 Å². The molecule has 0 aliphatic rings. The predicted molar refractivity (Wildman–Crippen MR) is 73.0 cm³/mol. The molecule has 2 rings (SSSR count). The lowest BCUT2D eigenvalue weighted by Crippen LogP contribution is -2.11. The van der Waals surface area contributed by atoms with Gasteiger partial charge in [-0.15, -0.1) is 0 Å². The standard InChI is InChI=1S/C13H14N4O2/c1-17(2)11-6-4-3-5-9(11)16-12-8-14-10(7-15-12)13(18)19/h3-8H,1-2H3,(H,15,16)(H,18,19). The number of para-hydroxylation sites is 2. The van der Waals surface area contributed by atoms with Crippen LogP contribution in [0, 0.1) is 0 Å². The third-order valence-corrected chi connectivity index (χ3v) is 2.52. The van der Waals surface area contributed by atoms with E-state index in [4.69, 9.17) is 5.11 Å². The van der Waals surface area contributed by atoms with Gasteiger partial charge in [-0.2, -0.15) is 0 Å². The lowest BCUT2D eigenvalue weighted by Gasteiger charge is -2.17. The number of rotatable bonds is 4. The summed E-state index contributed by atoms with van der Waals surface area (Å²) in [5.41, 5.74) is 1.81. The molecule has 0 bridgehead atoms. The summed E-state index contributed by atoms with van der Waals surface area (Å²) in [5, 5.41) is 11.9.